The van der Waals surface area contributed by atoms with E-state index in [0.717, 1.165) is 13.2 Å². The first-order chi connectivity index (χ1) is 9.93. The number of rotatable bonds is 4. The van der Waals surface area contributed by atoms with Crippen LogP contribution in [0.15, 0.2) is 18.5 Å². The Morgan fingerprint density at radius 1 is 1.33 bits per heavy atom. The van der Waals surface area contributed by atoms with Crippen molar-refractivity contribution in [2.24, 2.45) is 7.05 Å². The lowest BCUT2D eigenvalue weighted by Crippen LogP contribution is -2.17. The Labute approximate surface area is 118 Å². The lowest BCUT2D eigenvalue weighted by molar-refractivity contribution is 0.0595. The molecule has 0 aliphatic carbocycles. The molecule has 0 fully saturated rings. The Morgan fingerprint density at radius 2 is 2.05 bits per heavy atom. The lowest BCUT2D eigenvalue weighted by atomic mass is 10.0. The van der Waals surface area contributed by atoms with E-state index in [4.69, 9.17) is 0 Å². The highest BCUT2D eigenvalue weighted by molar-refractivity contribution is 6.07. The van der Waals surface area contributed by atoms with Crippen LogP contribution in [-0.2, 0) is 18.2 Å². The molecule has 2 rings (SSSR count). The summed E-state index contributed by atoms with van der Waals surface area (Å²) < 4.78 is 32.9. The largest absolute Gasteiger partial charge is 0.465 e. The summed E-state index contributed by atoms with van der Waals surface area (Å²) in [7, 11) is 2.62. The SMILES string of the molecule is COC(=O)c1cc(F)cc(F)c1C(=O)Cc1ncnn1C. The normalized spacial score (nSPS) is 10.5. The number of hydrogen-bond donors (Lipinski definition) is 0. The van der Waals surface area contributed by atoms with Crippen LogP contribution in [-0.4, -0.2) is 33.6 Å². The zero-order valence-corrected chi connectivity index (χ0v) is 11.3. The molecular formula is C13H11F2N3O3. The van der Waals surface area contributed by atoms with Crippen molar-refractivity contribution in [3.8, 4) is 0 Å². The number of nitrogens with zero attached hydrogens (tertiary/aromatic N) is 3. The Balaban J connectivity index is 2.45. The van der Waals surface area contributed by atoms with Crippen LogP contribution in [0.4, 0.5) is 8.78 Å². The van der Waals surface area contributed by atoms with E-state index < -0.39 is 34.5 Å². The van der Waals surface area contributed by atoms with Gasteiger partial charge in [0.25, 0.3) is 0 Å². The number of carbonyl (C=O) groups excluding carboxylic acids is 2. The van der Waals surface area contributed by atoms with Gasteiger partial charge >= 0.3 is 5.97 Å². The fraction of sp³-hybridized carbons (Fsp3) is 0.231. The van der Waals surface area contributed by atoms with Crippen molar-refractivity contribution in [1.29, 1.82) is 0 Å². The van der Waals surface area contributed by atoms with Crippen LogP contribution < -0.4 is 0 Å². The second-order valence-corrected chi connectivity index (χ2v) is 4.20. The molecule has 0 aliphatic rings. The molecule has 110 valence electrons. The Bertz CT molecular complexity index is 713. The summed E-state index contributed by atoms with van der Waals surface area (Å²) in [4.78, 5) is 27.6. The van der Waals surface area contributed by atoms with Gasteiger partial charge in [0.15, 0.2) is 5.78 Å². The average molecular weight is 295 g/mol. The number of ether oxygens (including phenoxy) is 1. The van der Waals surface area contributed by atoms with Crippen molar-refractivity contribution in [2.45, 2.75) is 6.42 Å². The lowest BCUT2D eigenvalue weighted by Gasteiger charge is -2.08. The van der Waals surface area contributed by atoms with Gasteiger partial charge in [0, 0.05) is 13.1 Å². The molecule has 1 heterocycles. The fourth-order valence-electron chi connectivity index (χ4n) is 1.84. The van der Waals surface area contributed by atoms with E-state index in [-0.39, 0.29) is 6.42 Å². The fourth-order valence-corrected chi connectivity index (χ4v) is 1.84. The standard InChI is InChI=1S/C13H11F2N3O3/c1-18-11(16-6-17-18)5-10(19)12-8(13(20)21-2)3-7(14)4-9(12)15/h3-4,6H,5H2,1-2H3. The number of esters is 1. The third-order valence-corrected chi connectivity index (χ3v) is 2.86. The number of aryl methyl sites for hydroxylation is 1. The summed E-state index contributed by atoms with van der Waals surface area (Å²) in [5, 5.41) is 3.78. The van der Waals surface area contributed by atoms with Gasteiger partial charge in [0.1, 0.15) is 23.8 Å². The Morgan fingerprint density at radius 3 is 2.62 bits per heavy atom. The van der Waals surface area contributed by atoms with Crippen LogP contribution in [0.25, 0.3) is 0 Å². The summed E-state index contributed by atoms with van der Waals surface area (Å²) in [6.45, 7) is 0. The van der Waals surface area contributed by atoms with Gasteiger partial charge in [-0.2, -0.15) is 5.10 Å². The van der Waals surface area contributed by atoms with Gasteiger partial charge in [0.2, 0.25) is 0 Å². The number of carbonyl (C=O) groups is 2. The van der Waals surface area contributed by atoms with Crippen molar-refractivity contribution >= 4 is 11.8 Å². The van der Waals surface area contributed by atoms with E-state index in [2.05, 4.69) is 14.8 Å². The Hall–Kier alpha value is -2.64. The maximum Gasteiger partial charge on any atom is 0.338 e. The van der Waals surface area contributed by atoms with E-state index in [1.165, 1.54) is 11.0 Å². The summed E-state index contributed by atoms with van der Waals surface area (Å²) in [6, 6.07) is 1.30. The zero-order valence-electron chi connectivity index (χ0n) is 11.3. The summed E-state index contributed by atoms with van der Waals surface area (Å²) in [5.41, 5.74) is -0.978. The minimum atomic E-state index is -1.12. The summed E-state index contributed by atoms with van der Waals surface area (Å²) >= 11 is 0. The summed E-state index contributed by atoms with van der Waals surface area (Å²) in [5.74, 6) is -3.51. The topological polar surface area (TPSA) is 74.1 Å². The third kappa shape index (κ3) is 2.93. The number of hydrogen-bond acceptors (Lipinski definition) is 5. The third-order valence-electron chi connectivity index (χ3n) is 2.86. The number of aromatic nitrogens is 3. The molecule has 0 saturated heterocycles. The first-order valence-electron chi connectivity index (χ1n) is 5.87. The molecule has 0 unspecified atom stereocenters. The van der Waals surface area contributed by atoms with Gasteiger partial charge in [-0.05, 0) is 6.07 Å². The maximum absolute atomic E-state index is 13.9. The molecule has 0 amide bonds. The quantitative estimate of drug-likeness (QED) is 0.628. The minimum Gasteiger partial charge on any atom is -0.465 e. The highest BCUT2D eigenvalue weighted by Crippen LogP contribution is 2.19. The molecule has 1 aromatic carbocycles. The monoisotopic (exact) mass is 295 g/mol. The molecule has 0 radical (unpaired) electrons. The first-order valence-corrected chi connectivity index (χ1v) is 5.87. The van der Waals surface area contributed by atoms with Crippen LogP contribution in [0.1, 0.15) is 26.5 Å². The number of benzene rings is 1. The van der Waals surface area contributed by atoms with Gasteiger partial charge < -0.3 is 4.74 Å². The van der Waals surface area contributed by atoms with Crippen molar-refractivity contribution in [2.75, 3.05) is 7.11 Å². The predicted octanol–water partition coefficient (Wildman–Crippen LogP) is 1.31. The highest BCUT2D eigenvalue weighted by Gasteiger charge is 2.24. The molecule has 6 nitrogen and oxygen atoms in total. The van der Waals surface area contributed by atoms with Crippen molar-refractivity contribution in [3.63, 3.8) is 0 Å². The van der Waals surface area contributed by atoms with Crippen molar-refractivity contribution in [3.05, 3.63) is 47.0 Å². The van der Waals surface area contributed by atoms with Gasteiger partial charge in [-0.25, -0.2) is 18.6 Å². The molecule has 0 bridgehead atoms. The van der Waals surface area contributed by atoms with E-state index in [9.17, 15) is 18.4 Å². The van der Waals surface area contributed by atoms with Gasteiger partial charge in [0.05, 0.1) is 24.7 Å². The van der Waals surface area contributed by atoms with Gasteiger partial charge in [-0.15, -0.1) is 0 Å². The minimum absolute atomic E-state index is 0.275. The van der Waals surface area contributed by atoms with Crippen LogP contribution in [0, 0.1) is 11.6 Å². The molecule has 1 aromatic heterocycles. The predicted molar refractivity (Wildman–Crippen MR) is 66.7 cm³/mol. The molecular weight excluding hydrogens is 284 g/mol. The molecule has 0 N–H and O–H groups in total. The van der Waals surface area contributed by atoms with Crippen LogP contribution in [0.3, 0.4) is 0 Å². The van der Waals surface area contributed by atoms with E-state index in [0.29, 0.717) is 11.9 Å². The average Bonchev–Trinajstić information content (AvgIpc) is 2.82. The molecule has 0 spiro atoms. The maximum atomic E-state index is 13.9. The molecule has 21 heavy (non-hydrogen) atoms. The highest BCUT2D eigenvalue weighted by atomic mass is 19.1. The smallest absolute Gasteiger partial charge is 0.338 e. The number of ketones is 1. The molecule has 0 atom stereocenters. The van der Waals surface area contributed by atoms with E-state index >= 15 is 0 Å². The van der Waals surface area contributed by atoms with Crippen molar-refractivity contribution in [1.82, 2.24) is 14.8 Å². The van der Waals surface area contributed by atoms with Crippen LogP contribution in [0.5, 0.6) is 0 Å². The second kappa shape index (κ2) is 5.78. The molecule has 8 heteroatoms. The van der Waals surface area contributed by atoms with Gasteiger partial charge in [-0.1, -0.05) is 0 Å². The van der Waals surface area contributed by atoms with Gasteiger partial charge in [-0.3, -0.25) is 9.48 Å². The molecule has 0 aliphatic heterocycles. The molecule has 2 aromatic rings. The van der Waals surface area contributed by atoms with Crippen LogP contribution >= 0.6 is 0 Å². The number of methoxy groups -OCH3 is 1. The van der Waals surface area contributed by atoms with Crippen LogP contribution in [0.2, 0.25) is 0 Å². The van der Waals surface area contributed by atoms with Crippen molar-refractivity contribution < 1.29 is 23.1 Å². The Kier molecular flexibility index (Phi) is 4.06. The first kappa shape index (κ1) is 14.8. The second-order valence-electron chi connectivity index (χ2n) is 4.20. The van der Waals surface area contributed by atoms with E-state index in [1.54, 1.807) is 7.05 Å². The number of Topliss-reactive ketones (excluding diaryl/α,β-unsaturated/α-hetero) is 1. The van der Waals surface area contributed by atoms with E-state index in [1.807, 2.05) is 0 Å². The molecule has 0 saturated carbocycles. The number of halogens is 2. The summed E-state index contributed by atoms with van der Waals surface area (Å²) in [6.07, 6.45) is 0.966. The zero-order chi connectivity index (χ0) is 15.6.